The summed E-state index contributed by atoms with van der Waals surface area (Å²) < 4.78 is 35.2. The van der Waals surface area contributed by atoms with Crippen LogP contribution in [0.1, 0.15) is 46.5 Å². The summed E-state index contributed by atoms with van der Waals surface area (Å²) >= 11 is 0. The molecule has 0 bridgehead atoms. The summed E-state index contributed by atoms with van der Waals surface area (Å²) in [6.45, 7) is 5.66. The zero-order valence-electron chi connectivity index (χ0n) is 10.9. The van der Waals surface area contributed by atoms with Gasteiger partial charge in [0, 0.05) is 0 Å². The van der Waals surface area contributed by atoms with Crippen molar-refractivity contribution in [3.8, 4) is 0 Å². The number of hydrogen-bond acceptors (Lipinski definition) is 3. The van der Waals surface area contributed by atoms with Crippen LogP contribution in [0, 0.1) is 0 Å². The smallest absolute Gasteiger partial charge is 0.303 e. The molecule has 17 heavy (non-hydrogen) atoms. The van der Waals surface area contributed by atoms with Crippen LogP contribution < -0.4 is 0 Å². The van der Waals surface area contributed by atoms with E-state index < -0.39 is 13.2 Å². The van der Waals surface area contributed by atoms with Gasteiger partial charge in [0.15, 0.2) is 0 Å². The van der Waals surface area contributed by atoms with Crippen molar-refractivity contribution in [2.45, 2.75) is 46.5 Å². The molecule has 0 aromatic heterocycles. The summed E-state index contributed by atoms with van der Waals surface area (Å²) in [5.41, 5.74) is 1.43. The Kier molecular flexibility index (Phi) is 9.39. The van der Waals surface area contributed by atoms with Gasteiger partial charge in [-0.1, -0.05) is 25.5 Å². The summed E-state index contributed by atoms with van der Waals surface area (Å²) in [4.78, 5) is 0. The van der Waals surface area contributed by atoms with Crippen molar-refractivity contribution in [3.63, 3.8) is 0 Å². The zero-order chi connectivity index (χ0) is 13.1. The molecule has 0 amide bonds. The normalized spacial score (nSPS) is 11.1. The minimum absolute atomic E-state index is 0.141. The van der Waals surface area contributed by atoms with E-state index in [0.717, 1.165) is 25.7 Å². The number of halogens is 1. The molecule has 0 spiro atoms. The van der Waals surface area contributed by atoms with Crippen LogP contribution in [-0.4, -0.2) is 13.2 Å². The molecule has 100 valence electrons. The highest BCUT2D eigenvalue weighted by Crippen LogP contribution is 2.56. The Morgan fingerprint density at radius 1 is 1.24 bits per heavy atom. The molecule has 3 nitrogen and oxygen atoms in total. The maximum absolute atomic E-state index is 13.6. The third-order valence-electron chi connectivity index (χ3n) is 2.01. The highest BCUT2D eigenvalue weighted by molar-refractivity contribution is 7.58. The molecular formula is C12H22FO3P. The van der Waals surface area contributed by atoms with Crippen molar-refractivity contribution in [3.05, 3.63) is 17.4 Å². The Morgan fingerprint density at radius 3 is 2.29 bits per heavy atom. The third-order valence-corrected chi connectivity index (χ3v) is 3.82. The quantitative estimate of drug-likeness (QED) is 0.341. The lowest BCUT2D eigenvalue weighted by molar-refractivity contribution is 0.220. The van der Waals surface area contributed by atoms with Crippen LogP contribution in [0.25, 0.3) is 0 Å². The fourth-order valence-electron chi connectivity index (χ4n) is 1.22. The van der Waals surface area contributed by atoms with E-state index in [1.54, 1.807) is 19.9 Å². The van der Waals surface area contributed by atoms with E-state index in [1.165, 1.54) is 0 Å². The van der Waals surface area contributed by atoms with Crippen LogP contribution in [-0.2, 0) is 13.6 Å². The minimum Gasteiger partial charge on any atom is -0.303 e. The van der Waals surface area contributed by atoms with Gasteiger partial charge in [-0.2, -0.15) is 4.39 Å². The molecule has 0 aliphatic heterocycles. The molecule has 0 aromatic carbocycles. The summed E-state index contributed by atoms with van der Waals surface area (Å²) in [7, 11) is -3.76. The van der Waals surface area contributed by atoms with E-state index in [1.807, 2.05) is 0 Å². The fourth-order valence-corrected chi connectivity index (χ4v) is 2.45. The van der Waals surface area contributed by atoms with Gasteiger partial charge in [0.05, 0.1) is 13.2 Å². The van der Waals surface area contributed by atoms with Crippen molar-refractivity contribution >= 4 is 7.60 Å². The predicted molar refractivity (Wildman–Crippen MR) is 67.7 cm³/mol. The Balaban J connectivity index is 4.54. The van der Waals surface area contributed by atoms with Crippen molar-refractivity contribution in [2.24, 2.45) is 0 Å². The summed E-state index contributed by atoms with van der Waals surface area (Å²) in [5, 5.41) is 0. The lowest BCUT2D eigenvalue weighted by atomic mass is 10.2. The monoisotopic (exact) mass is 264 g/mol. The molecule has 0 aliphatic carbocycles. The molecule has 0 aromatic rings. The molecule has 0 saturated heterocycles. The number of hydrogen-bond donors (Lipinski definition) is 0. The second-order valence-corrected chi connectivity index (χ2v) is 5.37. The number of rotatable bonds is 9. The van der Waals surface area contributed by atoms with Crippen molar-refractivity contribution in [1.82, 2.24) is 0 Å². The van der Waals surface area contributed by atoms with Crippen LogP contribution in [0.3, 0.4) is 0 Å². The average Bonchev–Trinajstić information content (AvgIpc) is 2.29. The SMILES string of the molecule is CCCCCC=C=C(F)P(=O)(OCC)OCC. The first-order valence-electron chi connectivity index (χ1n) is 6.11. The molecule has 0 aliphatic rings. The lowest BCUT2D eigenvalue weighted by Crippen LogP contribution is -1.95. The van der Waals surface area contributed by atoms with Crippen molar-refractivity contribution < 1.29 is 18.0 Å². The molecule has 0 rings (SSSR count). The van der Waals surface area contributed by atoms with Gasteiger partial charge < -0.3 is 9.05 Å². The van der Waals surface area contributed by atoms with Gasteiger partial charge in [-0.3, -0.25) is 4.57 Å². The van der Waals surface area contributed by atoms with Crippen LogP contribution in [0.2, 0.25) is 0 Å². The number of unbranched alkanes of at least 4 members (excludes halogenated alkanes) is 3. The first-order chi connectivity index (χ1) is 8.10. The van der Waals surface area contributed by atoms with Gasteiger partial charge in [-0.25, -0.2) is 0 Å². The maximum Gasteiger partial charge on any atom is 0.397 e. The largest absolute Gasteiger partial charge is 0.397 e. The molecule has 0 unspecified atom stereocenters. The molecule has 0 N–H and O–H groups in total. The van der Waals surface area contributed by atoms with Crippen molar-refractivity contribution in [2.75, 3.05) is 13.2 Å². The Morgan fingerprint density at radius 2 is 1.82 bits per heavy atom. The van der Waals surface area contributed by atoms with Gasteiger partial charge in [0.2, 0.25) is 0 Å². The lowest BCUT2D eigenvalue weighted by Gasteiger charge is -2.13. The molecule has 0 heterocycles. The molecule has 0 atom stereocenters. The van der Waals surface area contributed by atoms with Crippen LogP contribution in [0.4, 0.5) is 4.39 Å². The highest BCUT2D eigenvalue weighted by Gasteiger charge is 2.30. The first kappa shape index (κ1) is 16.6. The highest BCUT2D eigenvalue weighted by atomic mass is 31.2. The van der Waals surface area contributed by atoms with Crippen LogP contribution >= 0.6 is 7.60 Å². The van der Waals surface area contributed by atoms with E-state index in [0.29, 0.717) is 0 Å². The second kappa shape index (κ2) is 9.61. The van der Waals surface area contributed by atoms with E-state index >= 15 is 0 Å². The van der Waals surface area contributed by atoms with Gasteiger partial charge in [0.25, 0.3) is 5.57 Å². The minimum atomic E-state index is -3.76. The second-order valence-electron chi connectivity index (χ2n) is 3.47. The standard InChI is InChI=1S/C12H22FO3P/c1-4-7-8-9-10-11-12(13)17(14,15-5-2)16-6-3/h10H,4-9H2,1-3H3. The van der Waals surface area contributed by atoms with Crippen LogP contribution in [0.15, 0.2) is 17.4 Å². The summed E-state index contributed by atoms with van der Waals surface area (Å²) in [6.07, 6.45) is 5.45. The van der Waals surface area contributed by atoms with E-state index in [9.17, 15) is 8.96 Å². The van der Waals surface area contributed by atoms with Gasteiger partial charge in [-0.05, 0) is 32.8 Å². The number of allylic oxidation sites excluding steroid dienone is 1. The predicted octanol–water partition coefficient (Wildman–Crippen LogP) is 4.80. The maximum atomic E-state index is 13.6. The summed E-state index contributed by atoms with van der Waals surface area (Å²) in [6, 6.07) is 0. The van der Waals surface area contributed by atoms with E-state index in [-0.39, 0.29) is 13.2 Å². The molecule has 5 heteroatoms. The molecule has 0 radical (unpaired) electrons. The molecule has 0 fully saturated rings. The first-order valence-corrected chi connectivity index (χ1v) is 7.65. The van der Waals surface area contributed by atoms with Crippen molar-refractivity contribution in [1.29, 1.82) is 0 Å². The Labute approximate surface area is 103 Å². The molecule has 0 saturated carbocycles. The fraction of sp³-hybridized carbons (Fsp3) is 0.750. The third kappa shape index (κ3) is 6.80. The van der Waals surface area contributed by atoms with Gasteiger partial charge in [0.1, 0.15) is 0 Å². The van der Waals surface area contributed by atoms with Gasteiger partial charge in [-0.15, -0.1) is 0 Å². The van der Waals surface area contributed by atoms with E-state index in [2.05, 4.69) is 12.7 Å². The zero-order valence-corrected chi connectivity index (χ0v) is 11.8. The van der Waals surface area contributed by atoms with E-state index in [4.69, 9.17) is 9.05 Å². The average molecular weight is 264 g/mol. The Bertz CT molecular complexity index is 299. The summed E-state index contributed by atoms with van der Waals surface area (Å²) in [5.74, 6) is 0. The Hall–Kier alpha value is -0.400. The van der Waals surface area contributed by atoms with Crippen LogP contribution in [0.5, 0.6) is 0 Å². The van der Waals surface area contributed by atoms with Gasteiger partial charge >= 0.3 is 7.60 Å². The topological polar surface area (TPSA) is 35.5 Å². The molecular weight excluding hydrogens is 242 g/mol.